The summed E-state index contributed by atoms with van der Waals surface area (Å²) in [6.07, 6.45) is 4.11. The van der Waals surface area contributed by atoms with Crippen LogP contribution >= 0.6 is 10.7 Å². The minimum atomic E-state index is -3.52. The lowest BCUT2D eigenvalue weighted by atomic mass is 9.88. The van der Waals surface area contributed by atoms with Gasteiger partial charge in [-0.25, -0.2) is 0 Å². The Morgan fingerprint density at radius 2 is 2.08 bits per heavy atom. The minimum Gasteiger partial charge on any atom is -0.199 e. The van der Waals surface area contributed by atoms with Crippen LogP contribution in [0, 0.1) is 5.92 Å². The van der Waals surface area contributed by atoms with E-state index < -0.39 is 9.24 Å². The van der Waals surface area contributed by atoms with Gasteiger partial charge < -0.3 is 0 Å². The SMILES string of the molecule is CC1CCCC(NS(=O)(=O)Cl)C1. The lowest BCUT2D eigenvalue weighted by Gasteiger charge is -2.25. The van der Waals surface area contributed by atoms with Gasteiger partial charge in [-0.15, -0.1) is 0 Å². The quantitative estimate of drug-likeness (QED) is 0.706. The summed E-state index contributed by atoms with van der Waals surface area (Å²) in [7, 11) is 1.55. The molecule has 1 rings (SSSR count). The molecular weight excluding hydrogens is 198 g/mol. The molecule has 1 fully saturated rings. The third kappa shape index (κ3) is 3.74. The number of nitrogens with one attached hydrogen (secondary N) is 1. The maximum absolute atomic E-state index is 10.7. The summed E-state index contributed by atoms with van der Waals surface area (Å²) >= 11 is 0. The molecule has 0 heterocycles. The molecule has 0 aromatic heterocycles. The summed E-state index contributed by atoms with van der Waals surface area (Å²) in [6, 6.07) is 0.0521. The molecule has 0 aliphatic heterocycles. The highest BCUT2D eigenvalue weighted by Gasteiger charge is 2.21. The van der Waals surface area contributed by atoms with Gasteiger partial charge in [0.05, 0.1) is 0 Å². The fourth-order valence-electron chi connectivity index (χ4n) is 1.74. The second-order valence-corrected chi connectivity index (χ2v) is 5.85. The highest BCUT2D eigenvalue weighted by molar-refractivity contribution is 8.12. The van der Waals surface area contributed by atoms with Gasteiger partial charge in [0.1, 0.15) is 0 Å². The molecule has 0 spiro atoms. The van der Waals surface area contributed by atoms with Crippen LogP contribution in [0.3, 0.4) is 0 Å². The monoisotopic (exact) mass is 211 g/mol. The zero-order chi connectivity index (χ0) is 9.19. The van der Waals surface area contributed by atoms with Crippen molar-refractivity contribution in [1.29, 1.82) is 0 Å². The maximum atomic E-state index is 10.7. The van der Waals surface area contributed by atoms with Gasteiger partial charge in [-0.1, -0.05) is 19.8 Å². The van der Waals surface area contributed by atoms with E-state index in [1.54, 1.807) is 0 Å². The molecule has 3 nitrogen and oxygen atoms in total. The standard InChI is InChI=1S/C7H14ClNO2S/c1-6-3-2-4-7(5-6)9-12(8,10)11/h6-7,9H,2-5H2,1H3. The van der Waals surface area contributed by atoms with E-state index in [1.165, 1.54) is 6.42 Å². The van der Waals surface area contributed by atoms with E-state index in [0.717, 1.165) is 19.3 Å². The van der Waals surface area contributed by atoms with Crippen molar-refractivity contribution >= 4 is 19.9 Å². The smallest absolute Gasteiger partial charge is 0.199 e. The number of hydrogen-bond acceptors (Lipinski definition) is 2. The molecule has 2 atom stereocenters. The van der Waals surface area contributed by atoms with Gasteiger partial charge in [-0.3, -0.25) is 0 Å². The Labute approximate surface area is 78.0 Å². The summed E-state index contributed by atoms with van der Waals surface area (Å²) < 4.78 is 23.7. The molecule has 1 aliphatic rings. The molecule has 0 radical (unpaired) electrons. The molecule has 0 aromatic rings. The first-order valence-electron chi connectivity index (χ1n) is 4.19. The Morgan fingerprint density at radius 3 is 2.58 bits per heavy atom. The second-order valence-electron chi connectivity index (χ2n) is 3.52. The van der Waals surface area contributed by atoms with E-state index in [1.807, 2.05) is 0 Å². The van der Waals surface area contributed by atoms with Crippen LogP contribution in [0.5, 0.6) is 0 Å². The van der Waals surface area contributed by atoms with Crippen LogP contribution in [-0.4, -0.2) is 14.5 Å². The highest BCUT2D eigenvalue weighted by Crippen LogP contribution is 2.24. The van der Waals surface area contributed by atoms with Crippen LogP contribution in [0.4, 0.5) is 0 Å². The zero-order valence-corrected chi connectivity index (χ0v) is 8.66. The molecule has 12 heavy (non-hydrogen) atoms. The normalized spacial score (nSPS) is 31.8. The van der Waals surface area contributed by atoms with E-state index in [-0.39, 0.29) is 6.04 Å². The predicted octanol–water partition coefficient (Wildman–Crippen LogP) is 1.64. The van der Waals surface area contributed by atoms with Crippen LogP contribution < -0.4 is 4.72 Å². The topological polar surface area (TPSA) is 46.2 Å². The van der Waals surface area contributed by atoms with Crippen LogP contribution in [0.15, 0.2) is 0 Å². The fraction of sp³-hybridized carbons (Fsp3) is 1.00. The molecule has 1 N–H and O–H groups in total. The fourth-order valence-corrected chi connectivity index (χ4v) is 2.73. The number of rotatable bonds is 2. The average molecular weight is 212 g/mol. The van der Waals surface area contributed by atoms with Crippen molar-refractivity contribution in [3.05, 3.63) is 0 Å². The summed E-state index contributed by atoms with van der Waals surface area (Å²) in [4.78, 5) is 0. The first-order valence-corrected chi connectivity index (χ1v) is 6.50. The van der Waals surface area contributed by atoms with Crippen molar-refractivity contribution in [3.63, 3.8) is 0 Å². The Kier molecular flexibility index (Phi) is 3.37. The number of hydrogen-bond donors (Lipinski definition) is 1. The van der Waals surface area contributed by atoms with E-state index in [2.05, 4.69) is 11.6 Å². The molecule has 0 saturated heterocycles. The lowest BCUT2D eigenvalue weighted by molar-refractivity contribution is 0.328. The van der Waals surface area contributed by atoms with E-state index in [0.29, 0.717) is 5.92 Å². The highest BCUT2D eigenvalue weighted by atomic mass is 35.7. The van der Waals surface area contributed by atoms with Crippen molar-refractivity contribution in [1.82, 2.24) is 4.72 Å². The average Bonchev–Trinajstić information content (AvgIpc) is 1.82. The van der Waals surface area contributed by atoms with E-state index >= 15 is 0 Å². The molecule has 0 aromatic carbocycles. The summed E-state index contributed by atoms with van der Waals surface area (Å²) in [5.74, 6) is 0.606. The maximum Gasteiger partial charge on any atom is 0.297 e. The van der Waals surface area contributed by atoms with Crippen molar-refractivity contribution in [3.8, 4) is 0 Å². The van der Waals surface area contributed by atoms with E-state index in [4.69, 9.17) is 10.7 Å². The molecule has 1 aliphatic carbocycles. The predicted molar refractivity (Wildman–Crippen MR) is 49.3 cm³/mol. The number of halogens is 1. The molecule has 0 amide bonds. The zero-order valence-electron chi connectivity index (χ0n) is 7.09. The van der Waals surface area contributed by atoms with Gasteiger partial charge >= 0.3 is 0 Å². The van der Waals surface area contributed by atoms with E-state index in [9.17, 15) is 8.42 Å². The van der Waals surface area contributed by atoms with Crippen LogP contribution in [-0.2, 0) is 9.24 Å². The second kappa shape index (κ2) is 3.94. The van der Waals surface area contributed by atoms with Crippen molar-refractivity contribution < 1.29 is 8.42 Å². The van der Waals surface area contributed by atoms with Gasteiger partial charge in [-0.05, 0) is 18.8 Å². The Balaban J connectivity index is 2.43. The Morgan fingerprint density at radius 1 is 1.42 bits per heavy atom. The molecule has 0 bridgehead atoms. The first kappa shape index (κ1) is 10.3. The molecule has 2 unspecified atom stereocenters. The van der Waals surface area contributed by atoms with Gasteiger partial charge in [0.15, 0.2) is 0 Å². The van der Waals surface area contributed by atoms with Crippen LogP contribution in [0.1, 0.15) is 32.6 Å². The third-order valence-electron chi connectivity index (χ3n) is 2.24. The molecular formula is C7H14ClNO2S. The van der Waals surface area contributed by atoms with Gasteiger partial charge in [0.2, 0.25) is 0 Å². The summed E-state index contributed by atoms with van der Waals surface area (Å²) in [5, 5.41) is 0. The van der Waals surface area contributed by atoms with Gasteiger partial charge in [0.25, 0.3) is 9.24 Å². The summed E-state index contributed by atoms with van der Waals surface area (Å²) in [5.41, 5.74) is 0. The molecule has 1 saturated carbocycles. The molecule has 72 valence electrons. The van der Waals surface area contributed by atoms with Gasteiger partial charge in [0, 0.05) is 16.7 Å². The Hall–Kier alpha value is 0.200. The van der Waals surface area contributed by atoms with Gasteiger partial charge in [-0.2, -0.15) is 13.1 Å². The van der Waals surface area contributed by atoms with Crippen LogP contribution in [0.2, 0.25) is 0 Å². The van der Waals surface area contributed by atoms with Crippen molar-refractivity contribution in [2.24, 2.45) is 5.92 Å². The minimum absolute atomic E-state index is 0.0521. The molecule has 5 heteroatoms. The first-order chi connectivity index (χ1) is 5.47. The summed E-state index contributed by atoms with van der Waals surface area (Å²) in [6.45, 7) is 2.13. The Bertz CT molecular complexity index is 240. The van der Waals surface area contributed by atoms with Crippen molar-refractivity contribution in [2.45, 2.75) is 38.6 Å². The van der Waals surface area contributed by atoms with Crippen molar-refractivity contribution in [2.75, 3.05) is 0 Å². The largest absolute Gasteiger partial charge is 0.297 e. The van der Waals surface area contributed by atoms with Crippen LogP contribution in [0.25, 0.3) is 0 Å². The lowest BCUT2D eigenvalue weighted by Crippen LogP contribution is -2.35. The third-order valence-corrected chi connectivity index (χ3v) is 3.13.